The molecule has 2 aromatic rings. The number of hydrogen-bond acceptors (Lipinski definition) is 3. The van der Waals surface area contributed by atoms with Crippen LogP contribution in [0.4, 0.5) is 5.82 Å². The fourth-order valence-electron chi connectivity index (χ4n) is 2.35. The van der Waals surface area contributed by atoms with Gasteiger partial charge in [0.2, 0.25) is 0 Å². The Hall–Kier alpha value is -1.61. The van der Waals surface area contributed by atoms with E-state index in [1.54, 1.807) is 6.20 Å². The molecule has 0 atom stereocenters. The zero-order chi connectivity index (χ0) is 12.4. The van der Waals surface area contributed by atoms with Crippen molar-refractivity contribution >= 4 is 17.4 Å². The standard InChI is InChI=1S/C14H14ClN3/c15-13-8-16-9-17-14(13)18-12-6-11(7-12)10-4-2-1-3-5-10/h1-5,8-9,11-12H,6-7H2,(H,16,17,18). The largest absolute Gasteiger partial charge is 0.366 e. The van der Waals surface area contributed by atoms with Gasteiger partial charge in [-0.05, 0) is 24.3 Å². The number of nitrogens with zero attached hydrogens (tertiary/aromatic N) is 2. The minimum atomic E-state index is 0.461. The van der Waals surface area contributed by atoms with E-state index in [2.05, 4.69) is 45.6 Å². The second-order valence-electron chi connectivity index (χ2n) is 4.64. The van der Waals surface area contributed by atoms with Gasteiger partial charge in [-0.2, -0.15) is 0 Å². The predicted octanol–water partition coefficient (Wildman–Crippen LogP) is 3.49. The van der Waals surface area contributed by atoms with E-state index in [1.165, 1.54) is 11.9 Å². The minimum Gasteiger partial charge on any atom is -0.366 e. The molecule has 0 saturated heterocycles. The SMILES string of the molecule is Clc1cncnc1NC1CC(c2ccccc2)C1. The van der Waals surface area contributed by atoms with Crippen LogP contribution < -0.4 is 5.32 Å². The molecule has 1 aliphatic carbocycles. The van der Waals surface area contributed by atoms with E-state index in [9.17, 15) is 0 Å². The van der Waals surface area contributed by atoms with Crippen LogP contribution >= 0.6 is 11.6 Å². The second-order valence-corrected chi connectivity index (χ2v) is 5.05. The third kappa shape index (κ3) is 2.31. The summed E-state index contributed by atoms with van der Waals surface area (Å²) < 4.78 is 0. The van der Waals surface area contributed by atoms with Crippen molar-refractivity contribution in [1.29, 1.82) is 0 Å². The Morgan fingerprint density at radius 2 is 1.94 bits per heavy atom. The molecule has 1 heterocycles. The van der Waals surface area contributed by atoms with E-state index in [4.69, 9.17) is 11.6 Å². The van der Waals surface area contributed by atoms with Crippen LogP contribution in [-0.2, 0) is 0 Å². The van der Waals surface area contributed by atoms with Crippen LogP contribution in [0.15, 0.2) is 42.9 Å². The van der Waals surface area contributed by atoms with Crippen LogP contribution in [-0.4, -0.2) is 16.0 Å². The van der Waals surface area contributed by atoms with Gasteiger partial charge in [0.15, 0.2) is 0 Å². The first-order valence-electron chi connectivity index (χ1n) is 6.10. The molecule has 1 fully saturated rings. The fraction of sp³-hybridized carbons (Fsp3) is 0.286. The van der Waals surface area contributed by atoms with Gasteiger partial charge in [-0.1, -0.05) is 41.9 Å². The molecule has 18 heavy (non-hydrogen) atoms. The average molecular weight is 260 g/mol. The molecule has 1 aromatic heterocycles. The molecule has 0 amide bonds. The lowest BCUT2D eigenvalue weighted by Crippen LogP contribution is -2.34. The Morgan fingerprint density at radius 1 is 1.17 bits per heavy atom. The summed E-state index contributed by atoms with van der Waals surface area (Å²) in [6.45, 7) is 0. The zero-order valence-corrected chi connectivity index (χ0v) is 10.6. The molecule has 0 bridgehead atoms. The quantitative estimate of drug-likeness (QED) is 0.917. The van der Waals surface area contributed by atoms with Crippen LogP contribution in [0.25, 0.3) is 0 Å². The van der Waals surface area contributed by atoms with Gasteiger partial charge in [0.05, 0.1) is 6.20 Å². The van der Waals surface area contributed by atoms with Crippen molar-refractivity contribution in [2.24, 2.45) is 0 Å². The maximum Gasteiger partial charge on any atom is 0.148 e. The monoisotopic (exact) mass is 259 g/mol. The molecular weight excluding hydrogens is 246 g/mol. The Morgan fingerprint density at radius 3 is 2.67 bits per heavy atom. The Kier molecular flexibility index (Phi) is 3.15. The molecule has 0 unspecified atom stereocenters. The molecule has 1 saturated carbocycles. The lowest BCUT2D eigenvalue weighted by Gasteiger charge is -2.36. The molecule has 1 aliphatic rings. The summed E-state index contributed by atoms with van der Waals surface area (Å²) in [5, 5.41) is 3.95. The van der Waals surface area contributed by atoms with Gasteiger partial charge >= 0.3 is 0 Å². The van der Waals surface area contributed by atoms with Crippen molar-refractivity contribution in [3.8, 4) is 0 Å². The number of rotatable bonds is 3. The highest BCUT2D eigenvalue weighted by atomic mass is 35.5. The fourth-order valence-corrected chi connectivity index (χ4v) is 2.50. The van der Waals surface area contributed by atoms with Crippen LogP contribution in [0.3, 0.4) is 0 Å². The van der Waals surface area contributed by atoms with Gasteiger partial charge in [0, 0.05) is 6.04 Å². The molecule has 0 spiro atoms. The summed E-state index contributed by atoms with van der Waals surface area (Å²) in [4.78, 5) is 8.02. The Balaban J connectivity index is 1.59. The van der Waals surface area contributed by atoms with E-state index in [0.29, 0.717) is 17.0 Å². The molecule has 4 heteroatoms. The summed E-state index contributed by atoms with van der Waals surface area (Å²) in [6, 6.07) is 11.1. The normalized spacial score (nSPS) is 22.3. The zero-order valence-electron chi connectivity index (χ0n) is 9.88. The predicted molar refractivity (Wildman–Crippen MR) is 72.9 cm³/mol. The van der Waals surface area contributed by atoms with Crippen molar-refractivity contribution in [3.63, 3.8) is 0 Å². The first-order valence-corrected chi connectivity index (χ1v) is 6.47. The van der Waals surface area contributed by atoms with E-state index in [1.807, 2.05) is 0 Å². The highest BCUT2D eigenvalue weighted by Gasteiger charge is 2.30. The van der Waals surface area contributed by atoms with Crippen LogP contribution in [0.1, 0.15) is 24.3 Å². The Labute approximate surface area is 111 Å². The lowest BCUT2D eigenvalue weighted by molar-refractivity contribution is 0.373. The molecule has 0 radical (unpaired) electrons. The van der Waals surface area contributed by atoms with E-state index >= 15 is 0 Å². The van der Waals surface area contributed by atoms with Crippen molar-refractivity contribution in [3.05, 3.63) is 53.4 Å². The molecule has 0 aliphatic heterocycles. The maximum absolute atomic E-state index is 6.02. The van der Waals surface area contributed by atoms with Gasteiger partial charge in [-0.25, -0.2) is 9.97 Å². The summed E-state index contributed by atoms with van der Waals surface area (Å²) in [5.41, 5.74) is 1.42. The first-order chi connectivity index (χ1) is 8.83. The summed E-state index contributed by atoms with van der Waals surface area (Å²) in [5.74, 6) is 1.40. The van der Waals surface area contributed by atoms with Crippen LogP contribution in [0.2, 0.25) is 5.02 Å². The average Bonchev–Trinajstić information content (AvgIpc) is 2.36. The van der Waals surface area contributed by atoms with Gasteiger partial charge in [-0.3, -0.25) is 0 Å². The van der Waals surface area contributed by atoms with Gasteiger partial charge in [0.1, 0.15) is 17.2 Å². The minimum absolute atomic E-state index is 0.461. The topological polar surface area (TPSA) is 37.8 Å². The number of halogens is 1. The van der Waals surface area contributed by atoms with Crippen molar-refractivity contribution in [2.75, 3.05) is 5.32 Å². The van der Waals surface area contributed by atoms with E-state index < -0.39 is 0 Å². The number of aromatic nitrogens is 2. The highest BCUT2D eigenvalue weighted by Crippen LogP contribution is 2.38. The van der Waals surface area contributed by atoms with Crippen molar-refractivity contribution in [1.82, 2.24) is 9.97 Å². The molecule has 1 aromatic carbocycles. The van der Waals surface area contributed by atoms with Gasteiger partial charge in [0.25, 0.3) is 0 Å². The number of nitrogens with one attached hydrogen (secondary N) is 1. The second kappa shape index (κ2) is 4.94. The maximum atomic E-state index is 6.02. The van der Waals surface area contributed by atoms with Crippen LogP contribution in [0.5, 0.6) is 0 Å². The smallest absolute Gasteiger partial charge is 0.148 e. The summed E-state index contributed by atoms with van der Waals surface area (Å²) >= 11 is 6.02. The number of hydrogen-bond donors (Lipinski definition) is 1. The third-order valence-electron chi connectivity index (χ3n) is 3.42. The Bertz CT molecular complexity index is 524. The molecule has 3 nitrogen and oxygen atoms in total. The van der Waals surface area contributed by atoms with E-state index in [0.717, 1.165) is 18.7 Å². The van der Waals surface area contributed by atoms with Gasteiger partial charge < -0.3 is 5.32 Å². The number of anilines is 1. The molecule has 3 rings (SSSR count). The first kappa shape index (κ1) is 11.5. The molecule has 1 N–H and O–H groups in total. The lowest BCUT2D eigenvalue weighted by atomic mass is 9.76. The van der Waals surface area contributed by atoms with E-state index in [-0.39, 0.29) is 0 Å². The van der Waals surface area contributed by atoms with Gasteiger partial charge in [-0.15, -0.1) is 0 Å². The third-order valence-corrected chi connectivity index (χ3v) is 3.69. The summed E-state index contributed by atoms with van der Waals surface area (Å²) in [7, 11) is 0. The van der Waals surface area contributed by atoms with Crippen LogP contribution in [0, 0.1) is 0 Å². The van der Waals surface area contributed by atoms with Crippen molar-refractivity contribution < 1.29 is 0 Å². The highest BCUT2D eigenvalue weighted by molar-refractivity contribution is 6.32. The molecule has 92 valence electrons. The van der Waals surface area contributed by atoms with Crippen molar-refractivity contribution in [2.45, 2.75) is 24.8 Å². The molecular formula is C14H14ClN3. The number of benzene rings is 1. The summed E-state index contributed by atoms with van der Waals surface area (Å²) in [6.07, 6.45) is 5.39.